The smallest absolute Gasteiger partial charge is 0.339 e. The number of fused-ring (bicyclic) bond motifs is 1. The number of hydrogen-bond acceptors (Lipinski definition) is 6. The van der Waals surface area contributed by atoms with Crippen LogP contribution in [0.1, 0.15) is 42.4 Å². The largest absolute Gasteiger partial charge is 0.489 e. The maximum Gasteiger partial charge on any atom is 0.339 e. The van der Waals surface area contributed by atoms with Gasteiger partial charge in [0, 0.05) is 36.6 Å². The van der Waals surface area contributed by atoms with E-state index in [9.17, 15) is 9.59 Å². The molecule has 37 heavy (non-hydrogen) atoms. The molecule has 0 spiro atoms. The molecule has 3 aromatic rings. The average Bonchev–Trinajstić information content (AvgIpc) is 2.88. The molecule has 3 heterocycles. The lowest BCUT2D eigenvalue weighted by Crippen LogP contribution is -2.45. The molecule has 2 aliphatic heterocycles. The first-order valence-corrected chi connectivity index (χ1v) is 13.9. The summed E-state index contributed by atoms with van der Waals surface area (Å²) in [5.41, 5.74) is 2.77. The summed E-state index contributed by atoms with van der Waals surface area (Å²) in [5, 5.41) is 7.32. The second kappa shape index (κ2) is 11.8. The maximum absolute atomic E-state index is 12.7. The monoisotopic (exact) mass is 567 g/mol. The molecule has 2 N–H and O–H groups in total. The summed E-state index contributed by atoms with van der Waals surface area (Å²) >= 11 is 3.69. The van der Waals surface area contributed by atoms with Gasteiger partial charge in [0.1, 0.15) is 17.4 Å². The third-order valence-corrected chi connectivity index (χ3v) is 7.87. The van der Waals surface area contributed by atoms with Crippen molar-refractivity contribution in [1.82, 2.24) is 15.5 Å². The number of nitrogens with zero attached hydrogens (tertiary/aromatic N) is 1. The van der Waals surface area contributed by atoms with Gasteiger partial charge in [0.2, 0.25) is 5.91 Å². The summed E-state index contributed by atoms with van der Waals surface area (Å²) in [6.07, 6.45) is 4.15. The lowest BCUT2D eigenvalue weighted by atomic mass is 10.0. The van der Waals surface area contributed by atoms with Crippen molar-refractivity contribution in [1.29, 1.82) is 0 Å². The third-order valence-electron chi connectivity index (χ3n) is 7.25. The topological polar surface area (TPSA) is 83.8 Å². The van der Waals surface area contributed by atoms with E-state index >= 15 is 0 Å². The quantitative estimate of drug-likeness (QED) is 0.414. The predicted octanol–water partition coefficient (Wildman–Crippen LogP) is 4.32. The van der Waals surface area contributed by atoms with Gasteiger partial charge in [-0.1, -0.05) is 18.2 Å². The molecule has 0 unspecified atom stereocenters. The highest BCUT2D eigenvalue weighted by molar-refractivity contribution is 9.10. The Bertz CT molecular complexity index is 1310. The zero-order valence-electron chi connectivity index (χ0n) is 21.2. The van der Waals surface area contributed by atoms with Crippen LogP contribution in [0, 0.1) is 6.92 Å². The molecule has 2 aliphatic rings. The number of amides is 1. The first kappa shape index (κ1) is 25.9. The van der Waals surface area contributed by atoms with E-state index in [1.807, 2.05) is 25.1 Å². The maximum atomic E-state index is 12.7. The number of halogens is 1. The molecule has 2 aromatic carbocycles. The Hall–Kier alpha value is -2.68. The summed E-state index contributed by atoms with van der Waals surface area (Å²) in [4.78, 5) is 27.5. The van der Waals surface area contributed by atoms with Gasteiger partial charge >= 0.3 is 5.63 Å². The van der Waals surface area contributed by atoms with Gasteiger partial charge in [-0.3, -0.25) is 9.69 Å². The van der Waals surface area contributed by atoms with E-state index in [1.54, 1.807) is 6.07 Å². The number of piperidine rings is 2. The van der Waals surface area contributed by atoms with E-state index in [0.717, 1.165) is 79.6 Å². The van der Waals surface area contributed by atoms with Crippen molar-refractivity contribution in [2.24, 2.45) is 0 Å². The van der Waals surface area contributed by atoms with Gasteiger partial charge < -0.3 is 19.8 Å². The van der Waals surface area contributed by atoms with E-state index in [2.05, 4.69) is 49.7 Å². The minimum absolute atomic E-state index is 0.0339. The van der Waals surface area contributed by atoms with Crippen molar-refractivity contribution in [3.8, 4) is 5.75 Å². The second-order valence-electron chi connectivity index (χ2n) is 10.2. The van der Waals surface area contributed by atoms with Crippen molar-refractivity contribution in [2.45, 2.75) is 57.7 Å². The number of carbonyl (C=O) groups excluding carboxylic acids is 1. The number of nitrogens with one attached hydrogen (secondary N) is 2. The molecular weight excluding hydrogens is 534 g/mol. The van der Waals surface area contributed by atoms with Crippen molar-refractivity contribution in [3.63, 3.8) is 0 Å². The zero-order chi connectivity index (χ0) is 25.8. The number of likely N-dealkylation sites (tertiary alicyclic amines) is 1. The Morgan fingerprint density at radius 2 is 1.89 bits per heavy atom. The van der Waals surface area contributed by atoms with Crippen molar-refractivity contribution in [3.05, 3.63) is 74.0 Å². The average molecular weight is 569 g/mol. The lowest BCUT2D eigenvalue weighted by molar-refractivity contribution is -0.121. The van der Waals surface area contributed by atoms with Crippen LogP contribution in [0.25, 0.3) is 11.0 Å². The summed E-state index contributed by atoms with van der Waals surface area (Å²) in [6.45, 7) is 6.66. The van der Waals surface area contributed by atoms with Gasteiger partial charge in [-0.25, -0.2) is 4.79 Å². The number of rotatable bonds is 7. The molecule has 7 nitrogen and oxygen atoms in total. The molecular formula is C29H34BrN3O4. The molecule has 8 heteroatoms. The highest BCUT2D eigenvalue weighted by atomic mass is 79.9. The summed E-state index contributed by atoms with van der Waals surface area (Å²) < 4.78 is 12.6. The SMILES string of the molecule is Cc1ccc2cc(CC(=O)NC3CCN(Cc4ccc(OC5CCNCC5)c(Br)c4)CC3)c(=O)oc2c1. The second-order valence-corrected chi connectivity index (χ2v) is 11.1. The fourth-order valence-electron chi connectivity index (χ4n) is 5.16. The van der Waals surface area contributed by atoms with E-state index in [1.165, 1.54) is 5.56 Å². The van der Waals surface area contributed by atoms with Crippen LogP contribution < -0.4 is 21.0 Å². The minimum Gasteiger partial charge on any atom is -0.489 e. The first-order valence-electron chi connectivity index (χ1n) is 13.1. The lowest BCUT2D eigenvalue weighted by Gasteiger charge is -2.32. The Morgan fingerprint density at radius 1 is 1.11 bits per heavy atom. The molecule has 0 atom stereocenters. The normalized spacial score (nSPS) is 17.7. The Kier molecular flexibility index (Phi) is 8.27. The van der Waals surface area contributed by atoms with Crippen molar-refractivity contribution < 1.29 is 13.9 Å². The fraction of sp³-hybridized carbons (Fsp3) is 0.448. The van der Waals surface area contributed by atoms with Gasteiger partial charge in [-0.15, -0.1) is 0 Å². The number of hydrogen-bond donors (Lipinski definition) is 2. The number of ether oxygens (including phenoxy) is 1. The molecule has 0 bridgehead atoms. The van der Waals surface area contributed by atoms with E-state index in [-0.39, 0.29) is 24.5 Å². The minimum atomic E-state index is -0.443. The van der Waals surface area contributed by atoms with Crippen molar-refractivity contribution in [2.75, 3.05) is 26.2 Å². The highest BCUT2D eigenvalue weighted by Crippen LogP contribution is 2.29. The molecule has 0 saturated carbocycles. The Labute approximate surface area is 225 Å². The van der Waals surface area contributed by atoms with E-state index in [4.69, 9.17) is 9.15 Å². The van der Waals surface area contributed by atoms with Crippen LogP contribution in [0.2, 0.25) is 0 Å². The van der Waals surface area contributed by atoms with Gasteiger partial charge in [0.15, 0.2) is 0 Å². The van der Waals surface area contributed by atoms with Gasteiger partial charge in [-0.05, 0) is 97.0 Å². The highest BCUT2D eigenvalue weighted by Gasteiger charge is 2.22. The number of benzene rings is 2. The van der Waals surface area contributed by atoms with Gasteiger partial charge in [-0.2, -0.15) is 0 Å². The van der Waals surface area contributed by atoms with Gasteiger partial charge in [0.25, 0.3) is 0 Å². The van der Waals surface area contributed by atoms with Crippen LogP contribution in [0.15, 0.2) is 56.1 Å². The molecule has 0 aliphatic carbocycles. The standard InChI is InChI=1S/C29H34BrN3O4/c1-19-2-4-21-16-22(29(35)37-27(21)14-19)17-28(34)32-23-8-12-33(13-9-23)18-20-3-5-26(25(30)15-20)36-24-6-10-31-11-7-24/h2-5,14-16,23-24,31H,6-13,17-18H2,1H3,(H,32,34). The number of carbonyl (C=O) groups is 1. The van der Waals surface area contributed by atoms with Crippen molar-refractivity contribution >= 4 is 32.8 Å². The van der Waals surface area contributed by atoms with E-state index in [0.29, 0.717) is 11.1 Å². The molecule has 5 rings (SSSR count). The molecule has 1 aromatic heterocycles. The van der Waals surface area contributed by atoms with Crippen LogP contribution >= 0.6 is 15.9 Å². The summed E-state index contributed by atoms with van der Waals surface area (Å²) in [6, 6.07) is 14.0. The molecule has 196 valence electrons. The molecule has 2 fully saturated rings. The molecule has 0 radical (unpaired) electrons. The summed E-state index contributed by atoms with van der Waals surface area (Å²) in [5.74, 6) is 0.776. The molecule has 1 amide bonds. The van der Waals surface area contributed by atoms with Crippen LogP contribution in [0.3, 0.4) is 0 Å². The van der Waals surface area contributed by atoms with Crippen LogP contribution in [0.4, 0.5) is 0 Å². The third kappa shape index (κ3) is 6.80. The Balaban J connectivity index is 1.09. The number of aryl methyl sites for hydroxylation is 1. The zero-order valence-corrected chi connectivity index (χ0v) is 22.8. The van der Waals surface area contributed by atoms with E-state index < -0.39 is 5.63 Å². The predicted molar refractivity (Wildman–Crippen MR) is 148 cm³/mol. The van der Waals surface area contributed by atoms with Crippen LogP contribution in [0.5, 0.6) is 5.75 Å². The van der Waals surface area contributed by atoms with Gasteiger partial charge in [0.05, 0.1) is 10.9 Å². The van der Waals surface area contributed by atoms with Crippen LogP contribution in [-0.4, -0.2) is 49.1 Å². The fourth-order valence-corrected chi connectivity index (χ4v) is 5.68. The molecule has 2 saturated heterocycles. The van der Waals surface area contributed by atoms with Crippen LogP contribution in [-0.2, 0) is 17.8 Å². The first-order chi connectivity index (χ1) is 17.9. The summed E-state index contributed by atoms with van der Waals surface area (Å²) in [7, 11) is 0. The Morgan fingerprint density at radius 3 is 2.65 bits per heavy atom.